The van der Waals surface area contributed by atoms with Gasteiger partial charge in [0, 0.05) is 6.61 Å². The number of aliphatic hydroxyl groups excluding tert-OH is 1. The molecule has 0 heterocycles. The minimum atomic E-state index is 0.365. The largest absolute Gasteiger partial charge is 0.396 e. The van der Waals surface area contributed by atoms with Crippen LogP contribution < -0.4 is 0 Å². The first-order valence-corrected chi connectivity index (χ1v) is 11.3. The summed E-state index contributed by atoms with van der Waals surface area (Å²) in [6.45, 7) is 8.13. The molecule has 0 aromatic heterocycles. The van der Waals surface area contributed by atoms with Crippen molar-refractivity contribution < 1.29 is 5.11 Å². The number of fused-ring (bicyclic) bond motifs is 5. The average molecular weight is 345 g/mol. The first-order valence-electron chi connectivity index (χ1n) is 11.3. The number of hydrogen-bond donors (Lipinski definition) is 1. The molecule has 1 nitrogen and oxygen atoms in total. The fraction of sp³-hybridized carbons (Fsp3) is 0.917. The summed E-state index contributed by atoms with van der Waals surface area (Å²) < 4.78 is 0. The van der Waals surface area contributed by atoms with E-state index >= 15 is 0 Å². The van der Waals surface area contributed by atoms with Crippen molar-refractivity contribution in [1.82, 2.24) is 0 Å². The summed E-state index contributed by atoms with van der Waals surface area (Å²) in [6.07, 6.45) is 19.2. The fourth-order valence-corrected chi connectivity index (χ4v) is 8.25. The molecule has 0 spiro atoms. The third kappa shape index (κ3) is 2.75. The number of allylic oxidation sites excluding steroid dienone is 2. The number of rotatable bonds is 4. The van der Waals surface area contributed by atoms with E-state index in [0.717, 1.165) is 41.9 Å². The van der Waals surface area contributed by atoms with Crippen LogP contribution in [0.3, 0.4) is 0 Å². The van der Waals surface area contributed by atoms with Crippen molar-refractivity contribution >= 4 is 0 Å². The molecule has 1 N–H and O–H groups in total. The van der Waals surface area contributed by atoms with E-state index in [4.69, 9.17) is 0 Å². The van der Waals surface area contributed by atoms with Crippen LogP contribution >= 0.6 is 0 Å². The highest BCUT2D eigenvalue weighted by molar-refractivity contribution is 5.17. The van der Waals surface area contributed by atoms with Crippen molar-refractivity contribution in [3.05, 3.63) is 12.2 Å². The Kier molecular flexibility index (Phi) is 4.84. The summed E-state index contributed by atoms with van der Waals surface area (Å²) in [5, 5.41) is 9.24. The van der Waals surface area contributed by atoms with Gasteiger partial charge in [-0.25, -0.2) is 0 Å². The van der Waals surface area contributed by atoms with E-state index < -0.39 is 0 Å². The molecule has 3 fully saturated rings. The highest BCUT2D eigenvalue weighted by atomic mass is 16.2. The molecule has 0 unspecified atom stereocenters. The predicted octanol–water partition coefficient (Wildman–Crippen LogP) is 6.22. The minimum Gasteiger partial charge on any atom is -0.396 e. The molecule has 0 amide bonds. The van der Waals surface area contributed by atoms with E-state index in [-0.39, 0.29) is 0 Å². The van der Waals surface area contributed by atoms with Crippen LogP contribution in [0.15, 0.2) is 12.2 Å². The third-order valence-corrected chi connectivity index (χ3v) is 9.65. The van der Waals surface area contributed by atoms with Crippen LogP contribution in [0.1, 0.15) is 85.0 Å². The van der Waals surface area contributed by atoms with E-state index in [9.17, 15) is 5.11 Å². The van der Waals surface area contributed by atoms with Gasteiger partial charge in [-0.3, -0.25) is 0 Å². The molecule has 142 valence electrons. The quantitative estimate of drug-likeness (QED) is 0.600. The average Bonchev–Trinajstić information content (AvgIpc) is 2.96. The van der Waals surface area contributed by atoms with Crippen LogP contribution in [-0.2, 0) is 0 Å². The van der Waals surface area contributed by atoms with Gasteiger partial charge < -0.3 is 5.11 Å². The molecule has 4 aliphatic carbocycles. The molecule has 4 aliphatic rings. The lowest BCUT2D eigenvalue weighted by Crippen LogP contribution is -2.51. The molecule has 0 aliphatic heterocycles. The summed E-state index contributed by atoms with van der Waals surface area (Å²) in [4.78, 5) is 0. The van der Waals surface area contributed by atoms with Gasteiger partial charge in [-0.05, 0) is 97.7 Å². The van der Waals surface area contributed by atoms with Crippen molar-refractivity contribution in [2.75, 3.05) is 6.61 Å². The molecule has 8 atom stereocenters. The van der Waals surface area contributed by atoms with Gasteiger partial charge in [0.05, 0.1) is 0 Å². The zero-order valence-electron chi connectivity index (χ0n) is 16.8. The lowest BCUT2D eigenvalue weighted by Gasteiger charge is -2.58. The standard InChI is InChI=1S/C24H40O/c1-17(7-6-16-25)20-11-12-21-19-10-9-18-8-4-5-14-23(18,2)22(19)13-15-24(20,21)3/h9-10,17-22,25H,4-8,11-16H2,1-3H3/t17-,18+,19+,20-,21+,22+,23+,24-/m1/s1. The van der Waals surface area contributed by atoms with Crippen LogP contribution in [0.25, 0.3) is 0 Å². The topological polar surface area (TPSA) is 20.2 Å². The van der Waals surface area contributed by atoms with Crippen molar-refractivity contribution in [2.24, 2.45) is 46.3 Å². The van der Waals surface area contributed by atoms with E-state index in [1.54, 1.807) is 0 Å². The van der Waals surface area contributed by atoms with Crippen molar-refractivity contribution in [3.8, 4) is 0 Å². The third-order valence-electron chi connectivity index (χ3n) is 9.65. The SMILES string of the molecule is C[C@H](CCCO)[C@H]1CC[C@H]2[C@@H]3C=C[C@@H]4CCCC[C@]4(C)[C@H]3CC[C@]12C. The van der Waals surface area contributed by atoms with E-state index in [2.05, 4.69) is 32.9 Å². The minimum absolute atomic E-state index is 0.365. The van der Waals surface area contributed by atoms with E-state index in [0.29, 0.717) is 17.4 Å². The maximum atomic E-state index is 9.24. The summed E-state index contributed by atoms with van der Waals surface area (Å²) in [7, 11) is 0. The highest BCUT2D eigenvalue weighted by Gasteiger charge is 2.58. The number of aliphatic hydroxyl groups is 1. The molecule has 0 saturated heterocycles. The molecule has 1 heteroatoms. The Morgan fingerprint density at radius 2 is 1.76 bits per heavy atom. The van der Waals surface area contributed by atoms with Crippen LogP contribution in [0, 0.1) is 46.3 Å². The van der Waals surface area contributed by atoms with Gasteiger partial charge >= 0.3 is 0 Å². The summed E-state index contributed by atoms with van der Waals surface area (Å²) in [5.41, 5.74) is 1.15. The Balaban J connectivity index is 1.57. The van der Waals surface area contributed by atoms with Crippen LogP contribution in [0.5, 0.6) is 0 Å². The Hall–Kier alpha value is -0.300. The smallest absolute Gasteiger partial charge is 0.0431 e. The van der Waals surface area contributed by atoms with Crippen LogP contribution in [0.4, 0.5) is 0 Å². The fourth-order valence-electron chi connectivity index (χ4n) is 8.25. The molecular formula is C24H40O. The molecule has 25 heavy (non-hydrogen) atoms. The highest BCUT2D eigenvalue weighted by Crippen LogP contribution is 2.66. The van der Waals surface area contributed by atoms with Gasteiger partial charge in [-0.1, -0.05) is 45.8 Å². The van der Waals surface area contributed by atoms with Crippen molar-refractivity contribution in [3.63, 3.8) is 0 Å². The zero-order chi connectivity index (χ0) is 17.7. The monoisotopic (exact) mass is 344 g/mol. The lowest BCUT2D eigenvalue weighted by atomic mass is 9.46. The van der Waals surface area contributed by atoms with Gasteiger partial charge in [0.2, 0.25) is 0 Å². The normalized spacial score (nSPS) is 50.0. The lowest BCUT2D eigenvalue weighted by molar-refractivity contribution is -0.0645. The maximum absolute atomic E-state index is 9.24. The van der Waals surface area contributed by atoms with Gasteiger partial charge in [0.1, 0.15) is 0 Å². The van der Waals surface area contributed by atoms with Crippen LogP contribution in [-0.4, -0.2) is 11.7 Å². The second kappa shape index (κ2) is 6.70. The van der Waals surface area contributed by atoms with Gasteiger partial charge in [-0.2, -0.15) is 0 Å². The van der Waals surface area contributed by atoms with Crippen molar-refractivity contribution in [2.45, 2.75) is 85.0 Å². The summed E-state index contributed by atoms with van der Waals surface area (Å²) >= 11 is 0. The Morgan fingerprint density at radius 3 is 2.56 bits per heavy atom. The molecule has 0 aromatic carbocycles. The molecule has 4 rings (SSSR count). The molecule has 3 saturated carbocycles. The molecule has 0 radical (unpaired) electrons. The molecule has 0 aromatic rings. The van der Waals surface area contributed by atoms with Gasteiger partial charge in [0.25, 0.3) is 0 Å². The first-order chi connectivity index (χ1) is 12.0. The Morgan fingerprint density at radius 1 is 0.960 bits per heavy atom. The zero-order valence-corrected chi connectivity index (χ0v) is 16.8. The van der Waals surface area contributed by atoms with E-state index in [1.165, 1.54) is 57.8 Å². The van der Waals surface area contributed by atoms with Gasteiger partial charge in [0.15, 0.2) is 0 Å². The van der Waals surface area contributed by atoms with Gasteiger partial charge in [-0.15, -0.1) is 0 Å². The summed E-state index contributed by atoms with van der Waals surface area (Å²) in [6, 6.07) is 0. The molecular weight excluding hydrogens is 304 g/mol. The van der Waals surface area contributed by atoms with E-state index in [1.807, 2.05) is 0 Å². The molecule has 0 bridgehead atoms. The van der Waals surface area contributed by atoms with Crippen molar-refractivity contribution in [1.29, 1.82) is 0 Å². The number of hydrogen-bond acceptors (Lipinski definition) is 1. The maximum Gasteiger partial charge on any atom is 0.0431 e. The Bertz CT molecular complexity index is 510. The predicted molar refractivity (Wildman–Crippen MR) is 105 cm³/mol. The van der Waals surface area contributed by atoms with Crippen LogP contribution in [0.2, 0.25) is 0 Å². The Labute approximate surface area is 155 Å². The second-order valence-corrected chi connectivity index (χ2v) is 10.6. The second-order valence-electron chi connectivity index (χ2n) is 10.6. The first kappa shape index (κ1) is 18.1. The summed E-state index contributed by atoms with van der Waals surface area (Å²) in [5.74, 6) is 5.26.